The maximum absolute atomic E-state index is 14.3. The van der Waals surface area contributed by atoms with Crippen molar-refractivity contribution in [2.24, 2.45) is 0 Å². The molecule has 108 valence electrons. The zero-order chi connectivity index (χ0) is 14.5. The van der Waals surface area contributed by atoms with Gasteiger partial charge >= 0.3 is 0 Å². The molecule has 2 aromatic rings. The van der Waals surface area contributed by atoms with Gasteiger partial charge in [0.15, 0.2) is 0 Å². The van der Waals surface area contributed by atoms with Crippen LogP contribution in [0.2, 0.25) is 5.02 Å². The molecule has 5 heteroatoms. The molecule has 0 radical (unpaired) electrons. The molecule has 0 saturated heterocycles. The van der Waals surface area contributed by atoms with Crippen LogP contribution in [0.5, 0.6) is 0 Å². The summed E-state index contributed by atoms with van der Waals surface area (Å²) >= 11 is 5.90. The topological polar surface area (TPSA) is 29.9 Å². The second-order valence-corrected chi connectivity index (χ2v) is 5.01. The number of aryl methyl sites for hydroxylation is 1. The van der Waals surface area contributed by atoms with Gasteiger partial charge in [-0.25, -0.2) is 9.37 Å². The van der Waals surface area contributed by atoms with E-state index in [2.05, 4.69) is 17.2 Å². The Kier molecular flexibility index (Phi) is 5.15. The van der Waals surface area contributed by atoms with E-state index in [0.717, 1.165) is 25.3 Å². The molecular formula is C15H19ClFN3. The normalized spacial score (nSPS) is 12.6. The molecule has 3 nitrogen and oxygen atoms in total. The molecule has 1 atom stereocenters. The molecule has 0 aliphatic heterocycles. The van der Waals surface area contributed by atoms with Crippen LogP contribution in [0.15, 0.2) is 30.6 Å². The lowest BCUT2D eigenvalue weighted by Gasteiger charge is -2.20. The standard InChI is InChI=1S/C15H19ClFN3/c1-3-8-18-14(15-19-9-10-20(15)4-2)11-6-5-7-12(16)13(11)17/h5-7,9-10,14,18H,3-4,8H2,1-2H3. The minimum atomic E-state index is -0.381. The maximum Gasteiger partial charge on any atom is 0.147 e. The molecule has 0 aliphatic carbocycles. The van der Waals surface area contributed by atoms with Crippen LogP contribution in [0.3, 0.4) is 0 Å². The highest BCUT2D eigenvalue weighted by molar-refractivity contribution is 6.30. The number of halogens is 2. The first-order chi connectivity index (χ1) is 9.69. The second-order valence-electron chi connectivity index (χ2n) is 4.60. The fourth-order valence-corrected chi connectivity index (χ4v) is 2.40. The van der Waals surface area contributed by atoms with Gasteiger partial charge in [0.25, 0.3) is 0 Å². The zero-order valence-electron chi connectivity index (χ0n) is 11.7. The number of benzene rings is 1. The Bertz CT molecular complexity index is 568. The number of hydrogen-bond donors (Lipinski definition) is 1. The zero-order valence-corrected chi connectivity index (χ0v) is 12.5. The molecule has 2 rings (SSSR count). The third-order valence-electron chi connectivity index (χ3n) is 3.24. The first kappa shape index (κ1) is 15.0. The lowest BCUT2D eigenvalue weighted by Crippen LogP contribution is -2.27. The highest BCUT2D eigenvalue weighted by Gasteiger charge is 2.22. The van der Waals surface area contributed by atoms with Crippen molar-refractivity contribution in [2.45, 2.75) is 32.9 Å². The molecule has 0 saturated carbocycles. The van der Waals surface area contributed by atoms with Crippen molar-refractivity contribution < 1.29 is 4.39 Å². The van der Waals surface area contributed by atoms with Crippen molar-refractivity contribution in [3.8, 4) is 0 Å². The minimum Gasteiger partial charge on any atom is -0.334 e. The molecule has 1 aromatic heterocycles. The van der Waals surface area contributed by atoms with Gasteiger partial charge in [0, 0.05) is 24.5 Å². The molecule has 0 bridgehead atoms. The third kappa shape index (κ3) is 3.02. The van der Waals surface area contributed by atoms with Gasteiger partial charge in [-0.05, 0) is 26.0 Å². The van der Waals surface area contributed by atoms with Crippen LogP contribution in [0.1, 0.15) is 37.7 Å². The highest BCUT2D eigenvalue weighted by Crippen LogP contribution is 2.27. The van der Waals surface area contributed by atoms with E-state index >= 15 is 0 Å². The molecule has 0 spiro atoms. The molecule has 0 fully saturated rings. The Morgan fingerprint density at radius 1 is 1.40 bits per heavy atom. The lowest BCUT2D eigenvalue weighted by atomic mass is 10.1. The van der Waals surface area contributed by atoms with Crippen molar-refractivity contribution in [3.05, 3.63) is 52.8 Å². The van der Waals surface area contributed by atoms with E-state index in [0.29, 0.717) is 5.56 Å². The van der Waals surface area contributed by atoms with Gasteiger partial charge in [-0.1, -0.05) is 30.7 Å². The van der Waals surface area contributed by atoms with E-state index < -0.39 is 0 Å². The molecule has 1 unspecified atom stereocenters. The van der Waals surface area contributed by atoms with Gasteiger partial charge in [-0.15, -0.1) is 0 Å². The average Bonchev–Trinajstić information content (AvgIpc) is 2.92. The number of aromatic nitrogens is 2. The summed E-state index contributed by atoms with van der Waals surface area (Å²) in [7, 11) is 0. The minimum absolute atomic E-state index is 0.139. The van der Waals surface area contributed by atoms with E-state index in [-0.39, 0.29) is 16.9 Å². The molecule has 1 N–H and O–H groups in total. The van der Waals surface area contributed by atoms with Crippen molar-refractivity contribution in [3.63, 3.8) is 0 Å². The Hall–Kier alpha value is -1.39. The van der Waals surface area contributed by atoms with Crippen LogP contribution in [0.4, 0.5) is 4.39 Å². The second kappa shape index (κ2) is 6.86. The molecule has 1 aromatic carbocycles. The fraction of sp³-hybridized carbons (Fsp3) is 0.400. The predicted molar refractivity (Wildman–Crippen MR) is 79.4 cm³/mol. The SMILES string of the molecule is CCCNC(c1cccc(Cl)c1F)c1nccn1CC. The van der Waals surface area contributed by atoms with Crippen LogP contribution in [0, 0.1) is 5.82 Å². The first-order valence-electron chi connectivity index (χ1n) is 6.87. The molecule has 1 heterocycles. The highest BCUT2D eigenvalue weighted by atomic mass is 35.5. The lowest BCUT2D eigenvalue weighted by molar-refractivity contribution is 0.511. The summed E-state index contributed by atoms with van der Waals surface area (Å²) in [6.07, 6.45) is 4.60. The monoisotopic (exact) mass is 295 g/mol. The summed E-state index contributed by atoms with van der Waals surface area (Å²) in [5, 5.41) is 3.49. The maximum atomic E-state index is 14.3. The van der Waals surface area contributed by atoms with E-state index in [1.165, 1.54) is 0 Å². The summed E-state index contributed by atoms with van der Waals surface area (Å²) in [4.78, 5) is 4.38. The third-order valence-corrected chi connectivity index (χ3v) is 3.53. The fourth-order valence-electron chi connectivity index (χ4n) is 2.22. The summed E-state index contributed by atoms with van der Waals surface area (Å²) in [6, 6.07) is 4.79. The summed E-state index contributed by atoms with van der Waals surface area (Å²) < 4.78 is 16.3. The smallest absolute Gasteiger partial charge is 0.147 e. The van der Waals surface area contributed by atoms with E-state index in [9.17, 15) is 4.39 Å². The number of nitrogens with one attached hydrogen (secondary N) is 1. The van der Waals surface area contributed by atoms with Crippen LogP contribution < -0.4 is 5.32 Å². The van der Waals surface area contributed by atoms with Crippen molar-refractivity contribution >= 4 is 11.6 Å². The van der Waals surface area contributed by atoms with Gasteiger partial charge in [-0.3, -0.25) is 0 Å². The summed E-state index contributed by atoms with van der Waals surface area (Å²) in [5.41, 5.74) is 0.534. The summed E-state index contributed by atoms with van der Waals surface area (Å²) in [6.45, 7) is 5.69. The van der Waals surface area contributed by atoms with E-state index in [4.69, 9.17) is 11.6 Å². The van der Waals surface area contributed by atoms with E-state index in [1.54, 1.807) is 24.4 Å². The van der Waals surface area contributed by atoms with Crippen LogP contribution in [0.25, 0.3) is 0 Å². The van der Waals surface area contributed by atoms with Gasteiger partial charge in [0.2, 0.25) is 0 Å². The largest absolute Gasteiger partial charge is 0.334 e. The Balaban J connectivity index is 2.44. The average molecular weight is 296 g/mol. The van der Waals surface area contributed by atoms with Crippen molar-refractivity contribution in [2.75, 3.05) is 6.54 Å². The molecular weight excluding hydrogens is 277 g/mol. The number of hydrogen-bond acceptors (Lipinski definition) is 2. The first-order valence-corrected chi connectivity index (χ1v) is 7.25. The van der Waals surface area contributed by atoms with E-state index in [1.807, 2.05) is 17.7 Å². The Labute approximate surface area is 123 Å². The van der Waals surface area contributed by atoms with Crippen LogP contribution in [-0.4, -0.2) is 16.1 Å². The number of rotatable bonds is 6. The van der Waals surface area contributed by atoms with Gasteiger partial charge in [-0.2, -0.15) is 0 Å². The Morgan fingerprint density at radius 3 is 2.90 bits per heavy atom. The van der Waals surface area contributed by atoms with Gasteiger partial charge < -0.3 is 9.88 Å². The molecule has 0 aliphatic rings. The van der Waals surface area contributed by atoms with Gasteiger partial charge in [0.1, 0.15) is 11.6 Å². The molecule has 0 amide bonds. The van der Waals surface area contributed by atoms with Crippen molar-refractivity contribution in [1.82, 2.24) is 14.9 Å². The summed E-state index contributed by atoms with van der Waals surface area (Å²) in [5.74, 6) is 0.426. The quantitative estimate of drug-likeness (QED) is 0.879. The van der Waals surface area contributed by atoms with Gasteiger partial charge in [0.05, 0.1) is 11.1 Å². The van der Waals surface area contributed by atoms with Crippen LogP contribution in [-0.2, 0) is 6.54 Å². The Morgan fingerprint density at radius 2 is 2.20 bits per heavy atom. The van der Waals surface area contributed by atoms with Crippen molar-refractivity contribution in [1.29, 1.82) is 0 Å². The number of nitrogens with zero attached hydrogens (tertiary/aromatic N) is 2. The molecule has 20 heavy (non-hydrogen) atoms. The predicted octanol–water partition coefficient (Wildman–Crippen LogP) is 3.78. The number of imidazole rings is 1. The van der Waals surface area contributed by atoms with Crippen LogP contribution >= 0.6 is 11.6 Å².